The van der Waals surface area contributed by atoms with Gasteiger partial charge in [0.1, 0.15) is 0 Å². The predicted octanol–water partition coefficient (Wildman–Crippen LogP) is 2.24. The maximum absolute atomic E-state index is 12.6. The average molecular weight is 306 g/mol. The second-order valence-electron chi connectivity index (χ2n) is 6.92. The van der Waals surface area contributed by atoms with Gasteiger partial charge in [0.25, 0.3) is 5.91 Å². The summed E-state index contributed by atoms with van der Waals surface area (Å²) in [4.78, 5) is 17.0. The molecule has 0 saturated carbocycles. The molecule has 0 aliphatic carbocycles. The van der Waals surface area contributed by atoms with E-state index in [4.69, 9.17) is 9.15 Å². The fourth-order valence-electron chi connectivity index (χ4n) is 3.65. The van der Waals surface area contributed by atoms with Crippen LogP contribution in [0.4, 0.5) is 0 Å². The van der Waals surface area contributed by atoms with E-state index in [-0.39, 0.29) is 11.3 Å². The maximum atomic E-state index is 12.6. The van der Waals surface area contributed by atoms with Gasteiger partial charge in [0, 0.05) is 37.6 Å². The van der Waals surface area contributed by atoms with Crippen LogP contribution in [0.5, 0.6) is 0 Å². The Kier molecular flexibility index (Phi) is 4.54. The minimum absolute atomic E-state index is 0.00409. The molecule has 5 heteroatoms. The van der Waals surface area contributed by atoms with Crippen molar-refractivity contribution < 1.29 is 13.9 Å². The second kappa shape index (κ2) is 6.42. The Balaban J connectivity index is 1.74. The lowest BCUT2D eigenvalue weighted by Crippen LogP contribution is -2.53. The first-order valence-corrected chi connectivity index (χ1v) is 8.24. The van der Waals surface area contributed by atoms with Gasteiger partial charge in [-0.05, 0) is 38.8 Å². The summed E-state index contributed by atoms with van der Waals surface area (Å²) in [6, 6.07) is 4.02. The molecule has 0 N–H and O–H groups in total. The molecule has 122 valence electrons. The third kappa shape index (κ3) is 3.20. The lowest BCUT2D eigenvalue weighted by molar-refractivity contribution is 0.00456. The zero-order valence-corrected chi connectivity index (χ0v) is 13.6. The molecule has 2 fully saturated rings. The van der Waals surface area contributed by atoms with Crippen LogP contribution in [0.2, 0.25) is 0 Å². The Morgan fingerprint density at radius 3 is 2.91 bits per heavy atom. The first-order chi connectivity index (χ1) is 10.6. The third-order valence-corrected chi connectivity index (χ3v) is 4.88. The van der Waals surface area contributed by atoms with Crippen LogP contribution in [-0.2, 0) is 4.74 Å². The molecule has 22 heavy (non-hydrogen) atoms. The van der Waals surface area contributed by atoms with Gasteiger partial charge in [-0.3, -0.25) is 9.69 Å². The lowest BCUT2D eigenvalue weighted by Gasteiger charge is -2.44. The van der Waals surface area contributed by atoms with Crippen LogP contribution in [0.15, 0.2) is 22.8 Å². The summed E-state index contributed by atoms with van der Waals surface area (Å²) < 4.78 is 11.2. The van der Waals surface area contributed by atoms with Gasteiger partial charge in [0.2, 0.25) is 0 Å². The fourth-order valence-corrected chi connectivity index (χ4v) is 3.65. The van der Waals surface area contributed by atoms with Crippen molar-refractivity contribution in [2.75, 3.05) is 39.4 Å². The Morgan fingerprint density at radius 2 is 2.18 bits per heavy atom. The first-order valence-electron chi connectivity index (χ1n) is 8.24. The molecule has 0 aromatic carbocycles. The quantitative estimate of drug-likeness (QED) is 0.841. The van der Waals surface area contributed by atoms with Crippen molar-refractivity contribution in [3.63, 3.8) is 0 Å². The second-order valence-corrected chi connectivity index (χ2v) is 6.92. The van der Waals surface area contributed by atoms with Crippen molar-refractivity contribution in [2.45, 2.75) is 32.7 Å². The number of hydrogen-bond acceptors (Lipinski definition) is 4. The molecule has 1 atom stereocenters. The van der Waals surface area contributed by atoms with Crippen LogP contribution in [0.3, 0.4) is 0 Å². The van der Waals surface area contributed by atoms with E-state index in [0.717, 1.165) is 52.2 Å². The highest BCUT2D eigenvalue weighted by molar-refractivity contribution is 5.91. The SMILES string of the molecule is CC(C)N1CCOC[C@]2(CCCN(C(=O)c3ccco3)C2)C1. The minimum Gasteiger partial charge on any atom is -0.459 e. The highest BCUT2D eigenvalue weighted by Gasteiger charge is 2.41. The summed E-state index contributed by atoms with van der Waals surface area (Å²) in [6.07, 6.45) is 3.71. The molecule has 2 aliphatic rings. The van der Waals surface area contributed by atoms with Gasteiger partial charge in [-0.25, -0.2) is 0 Å². The summed E-state index contributed by atoms with van der Waals surface area (Å²) in [5.74, 6) is 0.441. The first kappa shape index (κ1) is 15.6. The van der Waals surface area contributed by atoms with Gasteiger partial charge in [-0.2, -0.15) is 0 Å². The fraction of sp³-hybridized carbons (Fsp3) is 0.706. The largest absolute Gasteiger partial charge is 0.459 e. The van der Waals surface area contributed by atoms with Crippen LogP contribution in [0.25, 0.3) is 0 Å². The van der Waals surface area contributed by atoms with Crippen molar-refractivity contribution in [3.8, 4) is 0 Å². The summed E-state index contributed by atoms with van der Waals surface area (Å²) in [7, 11) is 0. The molecule has 3 heterocycles. The lowest BCUT2D eigenvalue weighted by atomic mass is 9.79. The summed E-state index contributed by atoms with van der Waals surface area (Å²) in [5, 5.41) is 0. The number of rotatable bonds is 2. The Hall–Kier alpha value is -1.33. The number of carbonyl (C=O) groups excluding carboxylic acids is 1. The van der Waals surface area contributed by atoms with Gasteiger partial charge >= 0.3 is 0 Å². The Labute approximate surface area is 132 Å². The summed E-state index contributed by atoms with van der Waals surface area (Å²) in [6.45, 7) is 9.54. The van der Waals surface area contributed by atoms with Crippen molar-refractivity contribution in [1.29, 1.82) is 0 Å². The average Bonchev–Trinajstić information content (AvgIpc) is 2.97. The van der Waals surface area contributed by atoms with E-state index in [2.05, 4.69) is 18.7 Å². The number of piperidine rings is 1. The number of furan rings is 1. The van der Waals surface area contributed by atoms with Gasteiger partial charge in [0.05, 0.1) is 19.5 Å². The van der Waals surface area contributed by atoms with E-state index in [0.29, 0.717) is 11.8 Å². The molecule has 2 aliphatic heterocycles. The van der Waals surface area contributed by atoms with Crippen LogP contribution >= 0.6 is 0 Å². The molecule has 2 saturated heterocycles. The maximum Gasteiger partial charge on any atom is 0.289 e. The Morgan fingerprint density at radius 1 is 1.32 bits per heavy atom. The van der Waals surface area contributed by atoms with Gasteiger partial charge < -0.3 is 14.1 Å². The molecule has 5 nitrogen and oxygen atoms in total. The van der Waals surface area contributed by atoms with Gasteiger partial charge in [0.15, 0.2) is 5.76 Å². The van der Waals surface area contributed by atoms with Crippen LogP contribution in [-0.4, -0.2) is 61.1 Å². The van der Waals surface area contributed by atoms with E-state index < -0.39 is 0 Å². The van der Waals surface area contributed by atoms with Crippen molar-refractivity contribution in [2.24, 2.45) is 5.41 Å². The van der Waals surface area contributed by atoms with E-state index in [9.17, 15) is 4.79 Å². The van der Waals surface area contributed by atoms with Crippen LogP contribution < -0.4 is 0 Å². The number of nitrogens with zero attached hydrogens (tertiary/aromatic N) is 2. The number of hydrogen-bond donors (Lipinski definition) is 0. The van der Waals surface area contributed by atoms with E-state index in [1.807, 2.05) is 4.90 Å². The van der Waals surface area contributed by atoms with Crippen molar-refractivity contribution >= 4 is 5.91 Å². The molecule has 1 aromatic heterocycles. The van der Waals surface area contributed by atoms with Crippen LogP contribution in [0, 0.1) is 5.41 Å². The van der Waals surface area contributed by atoms with Crippen molar-refractivity contribution in [1.82, 2.24) is 9.80 Å². The molecule has 1 spiro atoms. The van der Waals surface area contributed by atoms with E-state index in [1.54, 1.807) is 18.4 Å². The predicted molar refractivity (Wildman–Crippen MR) is 83.8 cm³/mol. The molecule has 1 amide bonds. The number of ether oxygens (including phenoxy) is 1. The number of amides is 1. The molecular weight excluding hydrogens is 280 g/mol. The van der Waals surface area contributed by atoms with Gasteiger partial charge in [-0.15, -0.1) is 0 Å². The smallest absolute Gasteiger partial charge is 0.289 e. The minimum atomic E-state index is 0.00409. The molecule has 3 rings (SSSR count). The molecule has 1 aromatic rings. The zero-order valence-electron chi connectivity index (χ0n) is 13.6. The van der Waals surface area contributed by atoms with E-state index in [1.165, 1.54) is 0 Å². The monoisotopic (exact) mass is 306 g/mol. The topological polar surface area (TPSA) is 45.9 Å². The Bertz CT molecular complexity index is 500. The highest BCUT2D eigenvalue weighted by Crippen LogP contribution is 2.34. The molecular formula is C17H26N2O3. The van der Waals surface area contributed by atoms with E-state index >= 15 is 0 Å². The number of likely N-dealkylation sites (tertiary alicyclic amines) is 1. The standard InChI is InChI=1S/C17H26N2O3/c1-14(2)18-8-10-21-13-17(11-18)6-4-7-19(12-17)16(20)15-5-3-9-22-15/h3,5,9,14H,4,6-8,10-13H2,1-2H3/t17-/m1/s1. The van der Waals surface area contributed by atoms with Crippen LogP contribution in [0.1, 0.15) is 37.2 Å². The van der Waals surface area contributed by atoms with Gasteiger partial charge in [-0.1, -0.05) is 0 Å². The summed E-state index contributed by atoms with van der Waals surface area (Å²) >= 11 is 0. The zero-order chi connectivity index (χ0) is 15.6. The normalized spacial score (nSPS) is 27.3. The molecule has 0 radical (unpaired) electrons. The highest BCUT2D eigenvalue weighted by atomic mass is 16.5. The molecule has 0 unspecified atom stereocenters. The number of carbonyl (C=O) groups is 1. The third-order valence-electron chi connectivity index (χ3n) is 4.88. The molecule has 0 bridgehead atoms. The van der Waals surface area contributed by atoms with Crippen molar-refractivity contribution in [3.05, 3.63) is 24.2 Å². The summed E-state index contributed by atoms with van der Waals surface area (Å²) in [5.41, 5.74) is 0.0568.